The summed E-state index contributed by atoms with van der Waals surface area (Å²) in [5.74, 6) is -0.861. The van der Waals surface area contributed by atoms with Gasteiger partial charge in [-0.15, -0.1) is 0 Å². The molecular formula is C11H10BrNO2. The van der Waals surface area contributed by atoms with Crippen molar-refractivity contribution in [3.05, 3.63) is 34.4 Å². The molecule has 0 atom stereocenters. The fourth-order valence-corrected chi connectivity index (χ4v) is 1.93. The number of rotatable bonds is 3. The predicted molar refractivity (Wildman–Crippen MR) is 59.9 cm³/mol. The minimum Gasteiger partial charge on any atom is -0.481 e. The largest absolute Gasteiger partial charge is 0.481 e. The molecule has 0 amide bonds. The minimum atomic E-state index is -0.861. The Hall–Kier alpha value is -1.34. The number of nitriles is 1. The molecule has 1 N–H and O–H groups in total. The highest BCUT2D eigenvalue weighted by Gasteiger charge is 2.08. The lowest BCUT2D eigenvalue weighted by atomic mass is 9.99. The molecule has 1 rings (SSSR count). The Morgan fingerprint density at radius 1 is 1.60 bits per heavy atom. The van der Waals surface area contributed by atoms with E-state index in [0.29, 0.717) is 10.9 Å². The van der Waals surface area contributed by atoms with Crippen LogP contribution in [-0.4, -0.2) is 11.1 Å². The van der Waals surface area contributed by atoms with Crippen molar-refractivity contribution in [3.63, 3.8) is 0 Å². The molecule has 0 heterocycles. The Morgan fingerprint density at radius 3 is 2.73 bits per heavy atom. The number of alkyl halides is 1. The molecule has 3 nitrogen and oxygen atoms in total. The number of benzene rings is 1. The maximum Gasteiger partial charge on any atom is 0.307 e. The monoisotopic (exact) mass is 267 g/mol. The molecule has 0 radical (unpaired) electrons. The van der Waals surface area contributed by atoms with Crippen LogP contribution in [0.2, 0.25) is 0 Å². The quantitative estimate of drug-likeness (QED) is 0.856. The summed E-state index contributed by atoms with van der Waals surface area (Å²) >= 11 is 3.29. The van der Waals surface area contributed by atoms with Gasteiger partial charge in [0.25, 0.3) is 0 Å². The summed E-state index contributed by atoms with van der Waals surface area (Å²) in [6.45, 7) is 1.82. The first-order valence-electron chi connectivity index (χ1n) is 4.38. The third kappa shape index (κ3) is 2.80. The van der Waals surface area contributed by atoms with E-state index < -0.39 is 5.97 Å². The minimum absolute atomic E-state index is 0.00739. The van der Waals surface area contributed by atoms with E-state index in [1.807, 2.05) is 6.92 Å². The van der Waals surface area contributed by atoms with Gasteiger partial charge in [-0.2, -0.15) is 5.26 Å². The summed E-state index contributed by atoms with van der Waals surface area (Å²) in [6, 6.07) is 5.63. The molecule has 0 aromatic heterocycles. The van der Waals surface area contributed by atoms with Gasteiger partial charge in [-0.25, -0.2) is 0 Å². The summed E-state index contributed by atoms with van der Waals surface area (Å²) in [5.41, 5.74) is 3.02. The fraction of sp³-hybridized carbons (Fsp3) is 0.273. The zero-order valence-electron chi connectivity index (χ0n) is 8.25. The number of hydrogen-bond donors (Lipinski definition) is 1. The molecule has 78 valence electrons. The third-order valence-corrected chi connectivity index (χ3v) is 2.69. The lowest BCUT2D eigenvalue weighted by Crippen LogP contribution is -2.02. The van der Waals surface area contributed by atoms with E-state index in [0.717, 1.165) is 16.7 Å². The average Bonchev–Trinajstić information content (AvgIpc) is 2.15. The molecule has 0 saturated heterocycles. The number of carboxylic acid groups (broad SMARTS) is 1. The van der Waals surface area contributed by atoms with Gasteiger partial charge in [0.1, 0.15) is 0 Å². The Balaban J connectivity index is 3.21. The molecule has 0 saturated carbocycles. The standard InChI is InChI=1S/C11H10BrNO2/c1-7-2-8(4-11(14)15)3-9(5-12)10(7)6-13/h2-3H,4-5H2,1H3,(H,14,15). The maximum atomic E-state index is 10.6. The normalized spacial score (nSPS) is 9.67. The average molecular weight is 268 g/mol. The predicted octanol–water partition coefficient (Wildman–Crippen LogP) is 2.39. The van der Waals surface area contributed by atoms with Crippen LogP contribution >= 0.6 is 15.9 Å². The zero-order valence-corrected chi connectivity index (χ0v) is 9.84. The van der Waals surface area contributed by atoms with Gasteiger partial charge in [0.15, 0.2) is 0 Å². The van der Waals surface area contributed by atoms with E-state index in [-0.39, 0.29) is 6.42 Å². The molecular weight excluding hydrogens is 258 g/mol. The Kier molecular flexibility index (Phi) is 3.87. The highest BCUT2D eigenvalue weighted by Crippen LogP contribution is 2.19. The molecule has 0 fully saturated rings. The van der Waals surface area contributed by atoms with Crippen LogP contribution in [0, 0.1) is 18.3 Å². The van der Waals surface area contributed by atoms with Gasteiger partial charge < -0.3 is 5.11 Å². The number of carbonyl (C=O) groups is 1. The summed E-state index contributed by atoms with van der Waals surface area (Å²) in [4.78, 5) is 10.6. The smallest absolute Gasteiger partial charge is 0.307 e. The molecule has 1 aromatic carbocycles. The molecule has 0 spiro atoms. The maximum absolute atomic E-state index is 10.6. The van der Waals surface area contributed by atoms with Gasteiger partial charge in [-0.05, 0) is 23.6 Å². The van der Waals surface area contributed by atoms with Crippen molar-refractivity contribution in [1.82, 2.24) is 0 Å². The summed E-state index contributed by atoms with van der Waals surface area (Å²) < 4.78 is 0. The van der Waals surface area contributed by atoms with Crippen molar-refractivity contribution in [2.75, 3.05) is 0 Å². The number of aryl methyl sites for hydroxylation is 1. The van der Waals surface area contributed by atoms with Crippen molar-refractivity contribution in [2.24, 2.45) is 0 Å². The van der Waals surface area contributed by atoms with Crippen molar-refractivity contribution in [2.45, 2.75) is 18.7 Å². The third-order valence-electron chi connectivity index (χ3n) is 2.09. The Bertz CT molecular complexity index is 435. The van der Waals surface area contributed by atoms with E-state index in [1.54, 1.807) is 12.1 Å². The van der Waals surface area contributed by atoms with Crippen molar-refractivity contribution in [1.29, 1.82) is 5.26 Å². The van der Waals surface area contributed by atoms with Crippen LogP contribution in [0.3, 0.4) is 0 Å². The number of aliphatic carboxylic acids is 1. The summed E-state index contributed by atoms with van der Waals surface area (Å²) in [6.07, 6.45) is -0.00739. The lowest BCUT2D eigenvalue weighted by molar-refractivity contribution is -0.136. The summed E-state index contributed by atoms with van der Waals surface area (Å²) in [7, 11) is 0. The van der Waals surface area contributed by atoms with Crippen LogP contribution in [-0.2, 0) is 16.5 Å². The van der Waals surface area contributed by atoms with Gasteiger partial charge in [0, 0.05) is 5.33 Å². The molecule has 1 aromatic rings. The second-order valence-electron chi connectivity index (χ2n) is 3.26. The molecule has 0 aliphatic heterocycles. The van der Waals surface area contributed by atoms with Crippen LogP contribution < -0.4 is 0 Å². The zero-order chi connectivity index (χ0) is 11.4. The fourth-order valence-electron chi connectivity index (χ4n) is 1.48. The lowest BCUT2D eigenvalue weighted by Gasteiger charge is -2.06. The molecule has 0 aliphatic carbocycles. The second-order valence-corrected chi connectivity index (χ2v) is 3.82. The summed E-state index contributed by atoms with van der Waals surface area (Å²) in [5, 5.41) is 18.1. The SMILES string of the molecule is Cc1cc(CC(=O)O)cc(CBr)c1C#N. The number of hydrogen-bond acceptors (Lipinski definition) is 2. The topological polar surface area (TPSA) is 61.1 Å². The van der Waals surface area contributed by atoms with Crippen LogP contribution in [0.15, 0.2) is 12.1 Å². The van der Waals surface area contributed by atoms with Gasteiger partial charge in [-0.3, -0.25) is 4.79 Å². The first-order valence-corrected chi connectivity index (χ1v) is 5.51. The number of halogens is 1. The molecule has 0 aliphatic rings. The number of nitrogens with zero attached hydrogens (tertiary/aromatic N) is 1. The van der Waals surface area contributed by atoms with Crippen LogP contribution in [0.4, 0.5) is 0 Å². The van der Waals surface area contributed by atoms with Gasteiger partial charge in [0.05, 0.1) is 18.1 Å². The molecule has 0 unspecified atom stereocenters. The van der Waals surface area contributed by atoms with Gasteiger partial charge in [-0.1, -0.05) is 28.1 Å². The van der Waals surface area contributed by atoms with Crippen LogP contribution in [0.25, 0.3) is 0 Å². The highest BCUT2D eigenvalue weighted by molar-refractivity contribution is 9.08. The number of carboxylic acids is 1. The molecule has 15 heavy (non-hydrogen) atoms. The van der Waals surface area contributed by atoms with Crippen LogP contribution in [0.1, 0.15) is 22.3 Å². The van der Waals surface area contributed by atoms with Gasteiger partial charge >= 0.3 is 5.97 Å². The highest BCUT2D eigenvalue weighted by atomic mass is 79.9. The van der Waals surface area contributed by atoms with Crippen molar-refractivity contribution < 1.29 is 9.90 Å². The van der Waals surface area contributed by atoms with E-state index >= 15 is 0 Å². The molecule has 0 bridgehead atoms. The molecule has 4 heteroatoms. The first kappa shape index (κ1) is 11.7. The van der Waals surface area contributed by atoms with Crippen molar-refractivity contribution >= 4 is 21.9 Å². The van der Waals surface area contributed by atoms with E-state index in [2.05, 4.69) is 22.0 Å². The first-order chi connectivity index (χ1) is 7.08. The van der Waals surface area contributed by atoms with Crippen LogP contribution in [0.5, 0.6) is 0 Å². The second kappa shape index (κ2) is 4.94. The Labute approximate surface area is 96.5 Å². The van der Waals surface area contributed by atoms with E-state index in [4.69, 9.17) is 10.4 Å². The van der Waals surface area contributed by atoms with E-state index in [9.17, 15) is 4.79 Å². The Morgan fingerprint density at radius 2 is 2.27 bits per heavy atom. The van der Waals surface area contributed by atoms with E-state index in [1.165, 1.54) is 0 Å². The van der Waals surface area contributed by atoms with Gasteiger partial charge in [0.2, 0.25) is 0 Å². The van der Waals surface area contributed by atoms with Crippen molar-refractivity contribution in [3.8, 4) is 6.07 Å².